The number of ether oxygens (including phenoxy) is 1. The van der Waals surface area contributed by atoms with E-state index >= 15 is 0 Å². The zero-order chi connectivity index (χ0) is 26.3. The number of aliphatic hydroxyl groups excluding tert-OH is 2. The third-order valence-corrected chi connectivity index (χ3v) is 8.15. The molecule has 0 fully saturated rings. The Hall–Kier alpha value is -1.83. The maximum Gasteiger partial charge on any atom is 0.309 e. The molecule has 2 rings (SSSR count). The highest BCUT2D eigenvalue weighted by atomic mass is 32.1. The predicted octanol–water partition coefficient (Wildman–Crippen LogP) is 5.66. The minimum absolute atomic E-state index is 0.0441. The summed E-state index contributed by atoms with van der Waals surface area (Å²) in [5.41, 5.74) is 1.81. The number of aryl methyl sites for hydroxylation is 1. The second-order valence-corrected chi connectivity index (χ2v) is 11.6. The number of hydrogen-bond acceptors (Lipinski definition) is 7. The lowest BCUT2D eigenvalue weighted by molar-refractivity contribution is -0.154. The lowest BCUT2D eigenvalue weighted by Crippen LogP contribution is -2.45. The van der Waals surface area contributed by atoms with Gasteiger partial charge in [-0.05, 0) is 57.1 Å². The van der Waals surface area contributed by atoms with E-state index in [1.54, 1.807) is 32.1 Å². The Labute approximate surface area is 214 Å². The van der Waals surface area contributed by atoms with E-state index in [9.17, 15) is 19.8 Å². The maximum absolute atomic E-state index is 13.2. The molecule has 0 bridgehead atoms. The highest BCUT2D eigenvalue weighted by Crippen LogP contribution is 2.32. The molecule has 6 nitrogen and oxygen atoms in total. The van der Waals surface area contributed by atoms with Crippen LogP contribution < -0.4 is 0 Å². The third-order valence-electron chi connectivity index (χ3n) is 7.36. The van der Waals surface area contributed by atoms with E-state index in [0.717, 1.165) is 42.0 Å². The van der Waals surface area contributed by atoms with Gasteiger partial charge in [0.2, 0.25) is 0 Å². The average molecular weight is 506 g/mol. The number of cyclic esters (lactones) is 1. The van der Waals surface area contributed by atoms with Gasteiger partial charge in [-0.2, -0.15) is 0 Å². The van der Waals surface area contributed by atoms with Gasteiger partial charge in [0.05, 0.1) is 34.7 Å². The summed E-state index contributed by atoms with van der Waals surface area (Å²) < 4.78 is 5.85. The fourth-order valence-corrected chi connectivity index (χ4v) is 5.21. The van der Waals surface area contributed by atoms with Crippen molar-refractivity contribution in [1.82, 2.24) is 4.98 Å². The Balaban J connectivity index is 2.37. The molecule has 1 aliphatic rings. The Morgan fingerprint density at radius 1 is 1.29 bits per heavy atom. The highest BCUT2D eigenvalue weighted by Gasteiger charge is 2.42. The van der Waals surface area contributed by atoms with E-state index < -0.39 is 35.6 Å². The van der Waals surface area contributed by atoms with Gasteiger partial charge < -0.3 is 14.9 Å². The number of hydrogen-bond donors (Lipinski definition) is 2. The van der Waals surface area contributed by atoms with Gasteiger partial charge in [0.15, 0.2) is 0 Å². The van der Waals surface area contributed by atoms with Gasteiger partial charge in [-0.15, -0.1) is 11.3 Å². The van der Waals surface area contributed by atoms with E-state index in [1.165, 1.54) is 5.57 Å². The lowest BCUT2D eigenvalue weighted by Gasteiger charge is -2.34. The standard InChI is InChI=1S/C28H43NO5S/c1-8-21-11-9-10-17(2)26(32)19(4)27(33)28(6,7)24(30)15-25(31)34-23(13-12-21)18(3)14-22-16-35-20(5)29-22/h12,14,16-17,19,23-24,26,30,32H,8-11,13,15H2,1-7H3/b18-14+,21-12-/t17-,19+,23?,24?,26-/m0/s1. The molecule has 0 amide bonds. The summed E-state index contributed by atoms with van der Waals surface area (Å²) in [6.07, 6.45) is 5.35. The van der Waals surface area contributed by atoms with Crippen molar-refractivity contribution in [3.05, 3.63) is 33.3 Å². The van der Waals surface area contributed by atoms with E-state index in [0.29, 0.717) is 6.42 Å². The number of carbonyl (C=O) groups excluding carboxylic acids is 2. The summed E-state index contributed by atoms with van der Waals surface area (Å²) in [5.74, 6) is -1.48. The van der Waals surface area contributed by atoms with Crippen molar-refractivity contribution >= 4 is 29.2 Å². The van der Waals surface area contributed by atoms with E-state index in [-0.39, 0.29) is 18.1 Å². The smallest absolute Gasteiger partial charge is 0.309 e. The molecule has 0 spiro atoms. The molecule has 0 saturated heterocycles. The number of esters is 1. The van der Waals surface area contributed by atoms with Crippen LogP contribution in [-0.2, 0) is 14.3 Å². The molecule has 2 N–H and O–H groups in total. The summed E-state index contributed by atoms with van der Waals surface area (Å²) in [4.78, 5) is 30.6. The molecular weight excluding hydrogens is 462 g/mol. The van der Waals surface area contributed by atoms with Gasteiger partial charge in [-0.25, -0.2) is 4.98 Å². The van der Waals surface area contributed by atoms with E-state index in [4.69, 9.17) is 4.74 Å². The molecule has 2 heterocycles. The van der Waals surface area contributed by atoms with Crippen molar-refractivity contribution < 1.29 is 24.5 Å². The van der Waals surface area contributed by atoms with Crippen molar-refractivity contribution in [1.29, 1.82) is 0 Å². The molecule has 1 aliphatic heterocycles. The largest absolute Gasteiger partial charge is 0.457 e. The molecular formula is C28H43NO5S. The minimum Gasteiger partial charge on any atom is -0.457 e. The fraction of sp³-hybridized carbons (Fsp3) is 0.679. The molecule has 5 atom stereocenters. The van der Waals surface area contributed by atoms with Crippen LogP contribution in [0.1, 0.15) is 90.8 Å². The molecule has 35 heavy (non-hydrogen) atoms. The van der Waals surface area contributed by atoms with Gasteiger partial charge in [0.25, 0.3) is 0 Å². The van der Waals surface area contributed by atoms with Crippen LogP contribution in [0.4, 0.5) is 0 Å². The van der Waals surface area contributed by atoms with Crippen molar-refractivity contribution in [3.63, 3.8) is 0 Å². The van der Waals surface area contributed by atoms with Crippen LogP contribution in [0.3, 0.4) is 0 Å². The lowest BCUT2D eigenvalue weighted by atomic mass is 9.73. The number of nitrogens with zero attached hydrogens (tertiary/aromatic N) is 1. The van der Waals surface area contributed by atoms with E-state index in [1.807, 2.05) is 32.2 Å². The maximum atomic E-state index is 13.2. The van der Waals surface area contributed by atoms with Crippen LogP contribution in [0.5, 0.6) is 0 Å². The number of rotatable bonds is 3. The third kappa shape index (κ3) is 8.09. The summed E-state index contributed by atoms with van der Waals surface area (Å²) >= 11 is 1.57. The minimum atomic E-state index is -1.21. The number of Topliss-reactive ketones (excluding diaryl/α,β-unsaturated/α-hetero) is 1. The first kappa shape index (κ1) is 29.4. The zero-order valence-electron chi connectivity index (χ0n) is 22.3. The molecule has 1 aromatic heterocycles. The van der Waals surface area contributed by atoms with Crippen LogP contribution in [-0.4, -0.2) is 45.3 Å². The number of ketones is 1. The number of aliphatic hydroxyl groups is 2. The Morgan fingerprint density at radius 3 is 2.57 bits per heavy atom. The molecule has 196 valence electrons. The van der Waals surface area contributed by atoms with Gasteiger partial charge in [-0.3, -0.25) is 9.59 Å². The molecule has 2 unspecified atom stereocenters. The Morgan fingerprint density at radius 2 is 1.97 bits per heavy atom. The fourth-order valence-electron chi connectivity index (χ4n) is 4.64. The predicted molar refractivity (Wildman–Crippen MR) is 141 cm³/mol. The monoisotopic (exact) mass is 505 g/mol. The first-order chi connectivity index (χ1) is 16.4. The van der Waals surface area contributed by atoms with Crippen LogP contribution in [0.15, 0.2) is 22.6 Å². The molecule has 0 saturated carbocycles. The molecule has 0 aromatic carbocycles. The first-order valence-electron chi connectivity index (χ1n) is 12.7. The number of thiazole rings is 1. The summed E-state index contributed by atoms with van der Waals surface area (Å²) in [5, 5.41) is 24.6. The van der Waals surface area contributed by atoms with Crippen LogP contribution >= 0.6 is 11.3 Å². The number of carbonyl (C=O) groups is 2. The van der Waals surface area contributed by atoms with Crippen molar-refractivity contribution in [3.8, 4) is 0 Å². The van der Waals surface area contributed by atoms with Crippen molar-refractivity contribution in [2.45, 2.75) is 105 Å². The first-order valence-corrected chi connectivity index (χ1v) is 13.6. The SMILES string of the molecule is CC/C1=C/CC(/C(C)=C/c2csc(C)n2)OC(=O)CC(O)C(C)(C)C(=O)[C@H](C)[C@@H](O)[C@@H](C)CCC1. The van der Waals surface area contributed by atoms with Crippen LogP contribution in [0, 0.1) is 24.2 Å². The van der Waals surface area contributed by atoms with Crippen LogP contribution in [0.25, 0.3) is 6.08 Å². The average Bonchev–Trinajstić information content (AvgIpc) is 3.21. The quantitative estimate of drug-likeness (QED) is 0.407. The van der Waals surface area contributed by atoms with E-state index in [2.05, 4.69) is 18.0 Å². The normalized spacial score (nSPS) is 31.5. The van der Waals surface area contributed by atoms with Gasteiger partial charge >= 0.3 is 5.97 Å². The number of allylic oxidation sites excluding steroid dienone is 1. The summed E-state index contributed by atoms with van der Waals surface area (Å²) in [6.45, 7) is 12.9. The van der Waals surface area contributed by atoms with Gasteiger partial charge in [0, 0.05) is 17.7 Å². The van der Waals surface area contributed by atoms with Crippen molar-refractivity contribution in [2.75, 3.05) is 0 Å². The highest BCUT2D eigenvalue weighted by molar-refractivity contribution is 7.09. The van der Waals surface area contributed by atoms with Crippen LogP contribution in [0.2, 0.25) is 0 Å². The molecule has 0 aliphatic carbocycles. The van der Waals surface area contributed by atoms with Gasteiger partial charge in [0.1, 0.15) is 11.9 Å². The topological polar surface area (TPSA) is 96.7 Å². The zero-order valence-corrected chi connectivity index (χ0v) is 23.2. The second kappa shape index (κ2) is 12.9. The molecule has 1 aromatic rings. The molecule has 7 heteroatoms. The Bertz CT molecular complexity index is 932. The van der Waals surface area contributed by atoms with Crippen molar-refractivity contribution in [2.24, 2.45) is 17.3 Å². The Kier molecular flexibility index (Phi) is 10.9. The number of aromatic nitrogens is 1. The molecule has 0 radical (unpaired) electrons. The second-order valence-electron chi connectivity index (χ2n) is 10.6. The van der Waals surface area contributed by atoms with Gasteiger partial charge in [-0.1, -0.05) is 46.3 Å². The summed E-state index contributed by atoms with van der Waals surface area (Å²) in [6, 6.07) is 0. The summed E-state index contributed by atoms with van der Waals surface area (Å²) in [7, 11) is 0.